The number of methoxy groups -OCH3 is 1. The summed E-state index contributed by atoms with van der Waals surface area (Å²) in [6, 6.07) is 12.7. The zero-order valence-corrected chi connectivity index (χ0v) is 22.6. The highest BCUT2D eigenvalue weighted by molar-refractivity contribution is 7.92. The second-order valence-corrected chi connectivity index (χ2v) is 11.2. The Morgan fingerprint density at radius 1 is 1.13 bits per heavy atom. The number of ketones is 1. The van der Waals surface area contributed by atoms with Gasteiger partial charge >= 0.3 is 0 Å². The second-order valence-electron chi connectivity index (χ2n) is 8.96. The summed E-state index contributed by atoms with van der Waals surface area (Å²) in [4.78, 5) is 11.4. The van der Waals surface area contributed by atoms with Crippen LogP contribution in [0.25, 0.3) is 11.6 Å². The minimum absolute atomic E-state index is 0.0418. The summed E-state index contributed by atoms with van der Waals surface area (Å²) in [7, 11) is -2.94. The third-order valence-corrected chi connectivity index (χ3v) is 8.27. The van der Waals surface area contributed by atoms with Crippen molar-refractivity contribution < 1.29 is 31.5 Å². The monoisotopic (exact) mass is 561 g/mol. The van der Waals surface area contributed by atoms with Crippen LogP contribution in [-0.2, 0) is 14.8 Å². The van der Waals surface area contributed by atoms with Crippen LogP contribution in [0.15, 0.2) is 59.5 Å². The summed E-state index contributed by atoms with van der Waals surface area (Å²) >= 11 is 6.21. The van der Waals surface area contributed by atoms with Gasteiger partial charge in [-0.2, -0.15) is 0 Å². The minimum atomic E-state index is -4.19. The van der Waals surface area contributed by atoms with E-state index in [0.717, 1.165) is 12.1 Å². The number of Topliss-reactive ketones (excluding diaryl/α,β-unsaturated/α-hetero) is 1. The average Bonchev–Trinajstić information content (AvgIpc) is 2.87. The molecule has 0 bridgehead atoms. The van der Waals surface area contributed by atoms with Gasteiger partial charge < -0.3 is 14.3 Å². The summed E-state index contributed by atoms with van der Waals surface area (Å²) in [5.74, 6) is -1.11. The number of carbonyl (C=O) groups is 1. The average molecular weight is 562 g/mol. The maximum Gasteiger partial charge on any atom is 0.264 e. The molecule has 0 aliphatic carbocycles. The Balaban J connectivity index is 1.80. The van der Waals surface area contributed by atoms with Crippen LogP contribution in [0.1, 0.15) is 37.8 Å². The fourth-order valence-corrected chi connectivity index (χ4v) is 6.11. The molecule has 0 amide bonds. The minimum Gasteiger partial charge on any atom is -0.494 e. The molecule has 0 spiro atoms. The molecule has 3 aromatic carbocycles. The summed E-state index contributed by atoms with van der Waals surface area (Å²) in [6.07, 6.45) is 1.66. The molecule has 0 fully saturated rings. The number of sulfonamides is 1. The Morgan fingerprint density at radius 3 is 2.58 bits per heavy atom. The van der Waals surface area contributed by atoms with E-state index in [2.05, 4.69) is 0 Å². The van der Waals surface area contributed by atoms with Crippen LogP contribution in [0.2, 0.25) is 5.02 Å². The van der Waals surface area contributed by atoms with Gasteiger partial charge in [-0.1, -0.05) is 29.8 Å². The van der Waals surface area contributed by atoms with E-state index in [4.69, 9.17) is 21.1 Å². The Hall–Kier alpha value is -3.43. The predicted molar refractivity (Wildman–Crippen MR) is 143 cm³/mol. The van der Waals surface area contributed by atoms with Gasteiger partial charge in [0, 0.05) is 18.1 Å². The van der Waals surface area contributed by atoms with Crippen LogP contribution in [0.5, 0.6) is 11.5 Å². The number of hydrogen-bond donors (Lipinski definition) is 0. The van der Waals surface area contributed by atoms with Gasteiger partial charge in [-0.15, -0.1) is 0 Å². The maximum atomic E-state index is 14.5. The highest BCUT2D eigenvalue weighted by atomic mass is 35.5. The molecule has 0 aromatic heterocycles. The molecular weight excluding hydrogens is 536 g/mol. The van der Waals surface area contributed by atoms with Crippen LogP contribution >= 0.6 is 11.6 Å². The van der Waals surface area contributed by atoms with Gasteiger partial charge in [0.15, 0.2) is 11.6 Å². The fraction of sp³-hybridized carbons (Fsp3) is 0.250. The van der Waals surface area contributed by atoms with E-state index in [9.17, 15) is 22.0 Å². The van der Waals surface area contributed by atoms with Crippen molar-refractivity contribution >= 4 is 44.7 Å². The Kier molecular flexibility index (Phi) is 8.08. The maximum absolute atomic E-state index is 14.5. The van der Waals surface area contributed by atoms with E-state index in [-0.39, 0.29) is 45.7 Å². The highest BCUT2D eigenvalue weighted by Gasteiger charge is 2.35. The molecule has 6 nitrogen and oxygen atoms in total. The van der Waals surface area contributed by atoms with Gasteiger partial charge in [0.25, 0.3) is 10.0 Å². The van der Waals surface area contributed by atoms with Crippen LogP contribution in [0, 0.1) is 11.6 Å². The number of anilines is 1. The quantitative estimate of drug-likeness (QED) is 0.293. The van der Waals surface area contributed by atoms with Crippen LogP contribution < -0.4 is 13.8 Å². The molecule has 1 atom stereocenters. The third-order valence-electron chi connectivity index (χ3n) is 6.18. The lowest BCUT2D eigenvalue weighted by Gasteiger charge is -2.35. The van der Waals surface area contributed by atoms with Crippen molar-refractivity contribution in [1.29, 1.82) is 0 Å². The molecule has 0 saturated carbocycles. The molecular formula is C28H26ClF2NO5S. The first-order chi connectivity index (χ1) is 18.0. The molecule has 0 N–H and O–H groups in total. The molecule has 38 heavy (non-hydrogen) atoms. The predicted octanol–water partition coefficient (Wildman–Crippen LogP) is 6.51. The lowest BCUT2D eigenvalue weighted by Crippen LogP contribution is -2.43. The number of benzene rings is 3. The molecule has 0 saturated heterocycles. The van der Waals surface area contributed by atoms with E-state index in [0.29, 0.717) is 23.3 Å². The van der Waals surface area contributed by atoms with Crippen LogP contribution in [0.3, 0.4) is 0 Å². The molecule has 200 valence electrons. The highest BCUT2D eigenvalue weighted by Crippen LogP contribution is 2.40. The van der Waals surface area contributed by atoms with E-state index in [1.54, 1.807) is 37.3 Å². The van der Waals surface area contributed by atoms with Gasteiger partial charge in [0.2, 0.25) is 0 Å². The number of hydrogen-bond acceptors (Lipinski definition) is 5. The third kappa shape index (κ3) is 5.68. The van der Waals surface area contributed by atoms with E-state index < -0.39 is 27.8 Å². The number of nitrogens with zero attached hydrogens (tertiary/aromatic N) is 1. The number of carbonyl (C=O) groups excluding carboxylic acids is 1. The van der Waals surface area contributed by atoms with Crippen molar-refractivity contribution in [3.63, 3.8) is 0 Å². The van der Waals surface area contributed by atoms with Crippen molar-refractivity contribution in [1.82, 2.24) is 0 Å². The number of halogens is 3. The molecule has 1 aliphatic rings. The summed E-state index contributed by atoms with van der Waals surface area (Å²) in [6.45, 7) is 3.10. The van der Waals surface area contributed by atoms with Gasteiger partial charge in [-0.25, -0.2) is 17.2 Å². The molecule has 10 heteroatoms. The van der Waals surface area contributed by atoms with Crippen molar-refractivity contribution in [2.45, 2.75) is 37.7 Å². The van der Waals surface area contributed by atoms with Gasteiger partial charge in [-0.05, 0) is 67.8 Å². The number of ether oxygens (including phenoxy) is 2. The van der Waals surface area contributed by atoms with E-state index >= 15 is 0 Å². The van der Waals surface area contributed by atoms with E-state index in [1.807, 2.05) is 0 Å². The Morgan fingerprint density at radius 2 is 1.89 bits per heavy atom. The molecule has 4 rings (SSSR count). The lowest BCUT2D eigenvalue weighted by atomic mass is 10.0. The zero-order valence-electron chi connectivity index (χ0n) is 21.0. The van der Waals surface area contributed by atoms with Crippen molar-refractivity contribution in [2.75, 3.05) is 18.0 Å². The normalized spacial score (nSPS) is 15.6. The van der Waals surface area contributed by atoms with Gasteiger partial charge in [0.05, 0.1) is 29.3 Å². The SMILES string of the molecule is COc1cc(S(=O)(=O)N2C[C@H](CCC(C)=O)Oc3ccc(/C=C(\C)c4c(F)cccc4Cl)cc32)ccc1F. The van der Waals surface area contributed by atoms with E-state index in [1.165, 1.54) is 36.5 Å². The Labute approximate surface area is 225 Å². The second kappa shape index (κ2) is 11.1. The van der Waals surface area contributed by atoms with Crippen molar-refractivity contribution in [3.8, 4) is 11.5 Å². The molecule has 0 radical (unpaired) electrons. The lowest BCUT2D eigenvalue weighted by molar-refractivity contribution is -0.117. The summed E-state index contributed by atoms with van der Waals surface area (Å²) in [5.41, 5.74) is 1.63. The molecule has 1 aliphatic heterocycles. The van der Waals surface area contributed by atoms with Crippen molar-refractivity contribution in [2.24, 2.45) is 0 Å². The smallest absolute Gasteiger partial charge is 0.264 e. The topological polar surface area (TPSA) is 72.9 Å². The van der Waals surface area contributed by atoms with Gasteiger partial charge in [0.1, 0.15) is 23.5 Å². The molecule has 3 aromatic rings. The first-order valence-electron chi connectivity index (χ1n) is 11.8. The number of fused-ring (bicyclic) bond motifs is 1. The van der Waals surface area contributed by atoms with Crippen LogP contribution in [-0.4, -0.2) is 34.0 Å². The molecule has 1 heterocycles. The van der Waals surface area contributed by atoms with Crippen LogP contribution in [0.4, 0.5) is 14.5 Å². The van der Waals surface area contributed by atoms with Gasteiger partial charge in [-0.3, -0.25) is 4.31 Å². The molecule has 0 unspecified atom stereocenters. The standard InChI is InChI=1S/C28H26ClF2NO5S/c1-17(28-22(29)5-4-6-24(28)31)13-19-8-12-26-25(14-19)32(16-20(37-26)9-7-18(2)33)38(34,35)21-10-11-23(30)27(15-21)36-3/h4-6,8,10-15,20H,7,9,16H2,1-3H3/b17-13+/t20-/m0/s1. The first kappa shape index (κ1) is 27.6. The first-order valence-corrected chi connectivity index (χ1v) is 13.6. The van der Waals surface area contributed by atoms with Crippen molar-refractivity contribution in [3.05, 3.63) is 82.4 Å². The number of rotatable bonds is 8. The largest absolute Gasteiger partial charge is 0.494 e. The summed E-state index contributed by atoms with van der Waals surface area (Å²) < 4.78 is 68.3. The number of allylic oxidation sites excluding steroid dienone is 1. The summed E-state index contributed by atoms with van der Waals surface area (Å²) in [5, 5.41) is 0.253. The fourth-order valence-electron chi connectivity index (χ4n) is 4.29. The zero-order chi connectivity index (χ0) is 27.6. The Bertz CT molecular complexity index is 1500.